The van der Waals surface area contributed by atoms with Gasteiger partial charge in [-0.25, -0.2) is 8.42 Å². The highest BCUT2D eigenvalue weighted by Crippen LogP contribution is 2.16. The maximum atomic E-state index is 11.7. The lowest BCUT2D eigenvalue weighted by molar-refractivity contribution is 0.282. The van der Waals surface area contributed by atoms with E-state index in [2.05, 4.69) is 4.72 Å². The summed E-state index contributed by atoms with van der Waals surface area (Å²) in [5.74, 6) is 0.502. The molecule has 0 radical (unpaired) electrons. The van der Waals surface area contributed by atoms with Crippen LogP contribution in [0.15, 0.2) is 24.3 Å². The summed E-state index contributed by atoms with van der Waals surface area (Å²) in [6.45, 7) is -0.194. The van der Waals surface area contributed by atoms with Gasteiger partial charge in [0.05, 0.1) is 18.0 Å². The summed E-state index contributed by atoms with van der Waals surface area (Å²) in [5, 5.41) is 9.08. The fourth-order valence-corrected chi connectivity index (χ4v) is 2.77. The van der Waals surface area contributed by atoms with Gasteiger partial charge >= 0.3 is 0 Å². The molecule has 0 fully saturated rings. The summed E-state index contributed by atoms with van der Waals surface area (Å²) in [5.41, 5.74) is 0.995. The van der Waals surface area contributed by atoms with Gasteiger partial charge in [-0.3, -0.25) is 4.72 Å². The number of anilines is 1. The Hall–Kier alpha value is -0.780. The Morgan fingerprint density at radius 3 is 2.59 bits per heavy atom. The summed E-state index contributed by atoms with van der Waals surface area (Å²) >= 11 is 5.49. The van der Waals surface area contributed by atoms with Crippen LogP contribution in [0.4, 0.5) is 5.69 Å². The first kappa shape index (κ1) is 14.3. The van der Waals surface area contributed by atoms with Gasteiger partial charge < -0.3 is 5.11 Å². The van der Waals surface area contributed by atoms with Crippen molar-refractivity contribution >= 4 is 27.3 Å². The third-order valence-electron chi connectivity index (χ3n) is 2.25. The van der Waals surface area contributed by atoms with Gasteiger partial charge in [0.1, 0.15) is 0 Å². The van der Waals surface area contributed by atoms with Crippen molar-refractivity contribution in [3.8, 4) is 0 Å². The summed E-state index contributed by atoms with van der Waals surface area (Å²) in [4.78, 5) is 0. The van der Waals surface area contributed by atoms with Gasteiger partial charge in [-0.05, 0) is 18.9 Å². The maximum absolute atomic E-state index is 11.7. The van der Waals surface area contributed by atoms with Crippen molar-refractivity contribution in [2.45, 2.75) is 19.4 Å². The Bertz CT molecular complexity index is 448. The van der Waals surface area contributed by atoms with Gasteiger partial charge in [0.15, 0.2) is 0 Å². The quantitative estimate of drug-likeness (QED) is 0.591. The van der Waals surface area contributed by atoms with Crippen molar-refractivity contribution in [3.63, 3.8) is 0 Å². The van der Waals surface area contributed by atoms with Crippen molar-refractivity contribution in [2.75, 3.05) is 16.4 Å². The van der Waals surface area contributed by atoms with E-state index < -0.39 is 10.0 Å². The fraction of sp³-hybridized carbons (Fsp3) is 0.455. The lowest BCUT2D eigenvalue weighted by Crippen LogP contribution is -2.17. The van der Waals surface area contributed by atoms with Gasteiger partial charge in [0, 0.05) is 11.4 Å². The molecule has 0 spiro atoms. The molecule has 1 aromatic carbocycles. The number of halogens is 1. The molecule has 2 N–H and O–H groups in total. The Morgan fingerprint density at radius 1 is 1.24 bits per heavy atom. The summed E-state index contributed by atoms with van der Waals surface area (Å²) in [7, 11) is -3.36. The molecule has 0 aliphatic carbocycles. The van der Waals surface area contributed by atoms with Crippen molar-refractivity contribution in [1.82, 2.24) is 0 Å². The zero-order chi connectivity index (χ0) is 12.7. The van der Waals surface area contributed by atoms with Gasteiger partial charge in [-0.15, -0.1) is 11.6 Å². The molecule has 0 aromatic heterocycles. The van der Waals surface area contributed by atoms with E-state index in [9.17, 15) is 8.42 Å². The largest absolute Gasteiger partial charge is 0.392 e. The molecule has 0 bridgehead atoms. The topological polar surface area (TPSA) is 66.4 Å². The highest BCUT2D eigenvalue weighted by atomic mass is 35.5. The first-order chi connectivity index (χ1) is 8.09. The van der Waals surface area contributed by atoms with Crippen LogP contribution in [0.5, 0.6) is 0 Å². The van der Waals surface area contributed by atoms with E-state index in [1.165, 1.54) is 0 Å². The van der Waals surface area contributed by atoms with Crippen molar-refractivity contribution in [3.05, 3.63) is 29.8 Å². The highest BCUT2D eigenvalue weighted by molar-refractivity contribution is 7.92. The van der Waals surface area contributed by atoms with Crippen LogP contribution in [0.1, 0.15) is 18.4 Å². The van der Waals surface area contributed by atoms with E-state index in [0.717, 1.165) is 0 Å². The minimum Gasteiger partial charge on any atom is -0.392 e. The third-order valence-corrected chi connectivity index (χ3v) is 3.87. The Labute approximate surface area is 107 Å². The average molecular weight is 278 g/mol. The predicted molar refractivity (Wildman–Crippen MR) is 69.7 cm³/mol. The number of hydrogen-bond acceptors (Lipinski definition) is 3. The molecule has 0 aliphatic rings. The standard InChI is InChI=1S/C11H16ClNO3S/c12-7-3-4-8-17(15,16)13-11-6-2-1-5-10(11)9-14/h1-2,5-6,13-14H,3-4,7-9H2. The summed E-state index contributed by atoms with van der Waals surface area (Å²) < 4.78 is 25.9. The van der Waals surface area contributed by atoms with Crippen LogP contribution in [-0.2, 0) is 16.6 Å². The molecule has 0 heterocycles. The second kappa shape index (κ2) is 6.83. The normalized spacial score (nSPS) is 11.4. The van der Waals surface area contributed by atoms with Crippen LogP contribution in [0.25, 0.3) is 0 Å². The molecule has 0 saturated heterocycles. The highest BCUT2D eigenvalue weighted by Gasteiger charge is 2.11. The molecule has 1 aromatic rings. The van der Waals surface area contributed by atoms with Crippen LogP contribution >= 0.6 is 11.6 Å². The number of rotatable bonds is 7. The van der Waals surface area contributed by atoms with E-state index in [0.29, 0.717) is 30.0 Å². The van der Waals surface area contributed by atoms with E-state index in [-0.39, 0.29) is 12.4 Å². The van der Waals surface area contributed by atoms with E-state index >= 15 is 0 Å². The first-order valence-electron chi connectivity index (χ1n) is 5.34. The van der Waals surface area contributed by atoms with Crippen LogP contribution < -0.4 is 4.72 Å². The second-order valence-corrected chi connectivity index (χ2v) is 5.85. The number of aliphatic hydroxyl groups excluding tert-OH is 1. The number of benzene rings is 1. The number of alkyl halides is 1. The molecule has 0 unspecified atom stereocenters. The van der Waals surface area contributed by atoms with E-state index in [1.807, 2.05) is 0 Å². The molecule has 0 amide bonds. The van der Waals surface area contributed by atoms with Gasteiger partial charge in [0.25, 0.3) is 0 Å². The monoisotopic (exact) mass is 277 g/mol. The molecule has 0 saturated carbocycles. The minimum atomic E-state index is -3.36. The number of unbranched alkanes of at least 4 members (excludes halogenated alkanes) is 1. The van der Waals surface area contributed by atoms with Gasteiger partial charge in [-0.2, -0.15) is 0 Å². The van der Waals surface area contributed by atoms with E-state index in [1.54, 1.807) is 24.3 Å². The molecule has 6 heteroatoms. The molecule has 17 heavy (non-hydrogen) atoms. The van der Waals surface area contributed by atoms with Crippen LogP contribution in [0.2, 0.25) is 0 Å². The average Bonchev–Trinajstić information content (AvgIpc) is 2.29. The van der Waals surface area contributed by atoms with Gasteiger partial charge in [-0.1, -0.05) is 18.2 Å². The van der Waals surface area contributed by atoms with Crippen LogP contribution in [0, 0.1) is 0 Å². The number of nitrogens with one attached hydrogen (secondary N) is 1. The molecule has 4 nitrogen and oxygen atoms in total. The first-order valence-corrected chi connectivity index (χ1v) is 7.53. The van der Waals surface area contributed by atoms with Crippen molar-refractivity contribution < 1.29 is 13.5 Å². The number of sulfonamides is 1. The molecular weight excluding hydrogens is 262 g/mol. The molecule has 1 rings (SSSR count). The molecule has 96 valence electrons. The van der Waals surface area contributed by atoms with E-state index in [4.69, 9.17) is 16.7 Å². The number of para-hydroxylation sites is 1. The lowest BCUT2D eigenvalue weighted by Gasteiger charge is -2.10. The van der Waals surface area contributed by atoms with Crippen LogP contribution in [-0.4, -0.2) is 25.2 Å². The summed E-state index contributed by atoms with van der Waals surface area (Å²) in [6, 6.07) is 6.77. The smallest absolute Gasteiger partial charge is 0.232 e. The maximum Gasteiger partial charge on any atom is 0.232 e. The minimum absolute atomic E-state index is 0.0412. The van der Waals surface area contributed by atoms with Crippen LogP contribution in [0.3, 0.4) is 0 Å². The zero-order valence-electron chi connectivity index (χ0n) is 9.39. The number of aliphatic hydroxyl groups is 1. The molecular formula is C11H16ClNO3S. The van der Waals surface area contributed by atoms with Gasteiger partial charge in [0.2, 0.25) is 10.0 Å². The Morgan fingerprint density at radius 2 is 1.94 bits per heavy atom. The van der Waals surface area contributed by atoms with Crippen molar-refractivity contribution in [1.29, 1.82) is 0 Å². The SMILES string of the molecule is O=S(=O)(CCCCCl)Nc1ccccc1CO. The van der Waals surface area contributed by atoms with Crippen molar-refractivity contribution in [2.24, 2.45) is 0 Å². The Balaban J connectivity index is 2.69. The third kappa shape index (κ3) is 4.93. The molecule has 0 atom stereocenters. The second-order valence-electron chi connectivity index (χ2n) is 3.63. The zero-order valence-corrected chi connectivity index (χ0v) is 11.0. The fourth-order valence-electron chi connectivity index (χ4n) is 1.36. The predicted octanol–water partition coefficient (Wildman–Crippen LogP) is 1.94. The molecule has 0 aliphatic heterocycles. The lowest BCUT2D eigenvalue weighted by atomic mass is 10.2. The summed E-state index contributed by atoms with van der Waals surface area (Å²) in [6.07, 6.45) is 1.20. The Kier molecular flexibility index (Phi) is 5.74. The number of hydrogen-bond donors (Lipinski definition) is 2.